The standard InChI is InChI=1S/C12H22N6O2/c1-8(2)20-12-15-10(17-13)14-11(16-12)18-5-3-9(7-18)4-6-19/h8-9,19H,3-7,13H2,1-2H3,(H,14,15,16,17). The van der Waals surface area contributed by atoms with Crippen molar-refractivity contribution in [3.8, 4) is 6.01 Å². The van der Waals surface area contributed by atoms with Crippen molar-refractivity contribution in [1.82, 2.24) is 15.0 Å². The minimum absolute atomic E-state index is 0.0170. The number of rotatable bonds is 6. The van der Waals surface area contributed by atoms with Crippen molar-refractivity contribution in [3.63, 3.8) is 0 Å². The van der Waals surface area contributed by atoms with Crippen LogP contribution in [0.3, 0.4) is 0 Å². The predicted molar refractivity (Wildman–Crippen MR) is 75.4 cm³/mol. The molecule has 1 fully saturated rings. The van der Waals surface area contributed by atoms with E-state index in [-0.39, 0.29) is 24.7 Å². The number of hydrogen-bond acceptors (Lipinski definition) is 8. The molecule has 1 aliphatic heterocycles. The van der Waals surface area contributed by atoms with Crippen LogP contribution < -0.4 is 20.9 Å². The van der Waals surface area contributed by atoms with Gasteiger partial charge in [0.05, 0.1) is 6.10 Å². The highest BCUT2D eigenvalue weighted by molar-refractivity contribution is 5.38. The molecule has 1 atom stereocenters. The van der Waals surface area contributed by atoms with Crippen LogP contribution >= 0.6 is 0 Å². The smallest absolute Gasteiger partial charge is 0.323 e. The molecule has 0 amide bonds. The topological polar surface area (TPSA) is 109 Å². The van der Waals surface area contributed by atoms with Crippen LogP contribution in [0, 0.1) is 5.92 Å². The lowest BCUT2D eigenvalue weighted by Crippen LogP contribution is -2.24. The summed E-state index contributed by atoms with van der Waals surface area (Å²) in [5, 5.41) is 9.00. The Morgan fingerprint density at radius 3 is 2.90 bits per heavy atom. The van der Waals surface area contributed by atoms with Crippen molar-refractivity contribution in [2.24, 2.45) is 11.8 Å². The van der Waals surface area contributed by atoms with Crippen LogP contribution in [0.2, 0.25) is 0 Å². The maximum absolute atomic E-state index is 9.00. The zero-order valence-electron chi connectivity index (χ0n) is 11.9. The van der Waals surface area contributed by atoms with Gasteiger partial charge in [-0.05, 0) is 32.6 Å². The Labute approximate surface area is 118 Å². The van der Waals surface area contributed by atoms with Crippen LogP contribution in [0.5, 0.6) is 6.01 Å². The second-order valence-electron chi connectivity index (χ2n) is 5.17. The van der Waals surface area contributed by atoms with Crippen LogP contribution in [-0.4, -0.2) is 45.9 Å². The average Bonchev–Trinajstić information content (AvgIpc) is 2.86. The van der Waals surface area contributed by atoms with Gasteiger partial charge in [-0.1, -0.05) is 0 Å². The summed E-state index contributed by atoms with van der Waals surface area (Å²) in [6.45, 7) is 5.72. The lowest BCUT2D eigenvalue weighted by atomic mass is 10.1. The molecule has 0 saturated carbocycles. The summed E-state index contributed by atoms with van der Waals surface area (Å²) < 4.78 is 5.51. The molecule has 1 aromatic heterocycles. The molecule has 0 aliphatic carbocycles. The maximum atomic E-state index is 9.00. The first-order valence-corrected chi connectivity index (χ1v) is 6.87. The van der Waals surface area contributed by atoms with Gasteiger partial charge in [0.2, 0.25) is 11.9 Å². The van der Waals surface area contributed by atoms with E-state index in [4.69, 9.17) is 15.7 Å². The summed E-state index contributed by atoms with van der Waals surface area (Å²) in [5.74, 6) is 6.70. The number of nitrogens with zero attached hydrogens (tertiary/aromatic N) is 4. The molecule has 1 aliphatic rings. The van der Waals surface area contributed by atoms with Gasteiger partial charge in [0.1, 0.15) is 0 Å². The molecule has 0 bridgehead atoms. The number of hydrazine groups is 1. The highest BCUT2D eigenvalue weighted by Gasteiger charge is 2.25. The number of ether oxygens (including phenoxy) is 1. The fourth-order valence-electron chi connectivity index (χ4n) is 2.25. The number of aliphatic hydroxyl groups excluding tert-OH is 1. The number of aromatic nitrogens is 3. The highest BCUT2D eigenvalue weighted by Crippen LogP contribution is 2.24. The van der Waals surface area contributed by atoms with Crippen molar-refractivity contribution >= 4 is 11.9 Å². The normalized spacial score (nSPS) is 18.6. The summed E-state index contributed by atoms with van der Waals surface area (Å²) in [6, 6.07) is 0.267. The Bertz CT molecular complexity index is 442. The summed E-state index contributed by atoms with van der Waals surface area (Å²) in [6.07, 6.45) is 1.81. The molecule has 1 unspecified atom stereocenters. The van der Waals surface area contributed by atoms with Crippen LogP contribution in [0.4, 0.5) is 11.9 Å². The molecule has 0 aromatic carbocycles. The average molecular weight is 282 g/mol. The van der Waals surface area contributed by atoms with Crippen molar-refractivity contribution < 1.29 is 9.84 Å². The van der Waals surface area contributed by atoms with Crippen LogP contribution in [0.25, 0.3) is 0 Å². The van der Waals surface area contributed by atoms with Crippen LogP contribution in [0.15, 0.2) is 0 Å². The number of anilines is 2. The largest absolute Gasteiger partial charge is 0.461 e. The van der Waals surface area contributed by atoms with Gasteiger partial charge in [-0.25, -0.2) is 5.84 Å². The summed E-state index contributed by atoms with van der Waals surface area (Å²) >= 11 is 0. The molecule has 8 heteroatoms. The van der Waals surface area contributed by atoms with E-state index in [0.717, 1.165) is 25.9 Å². The molecule has 1 saturated heterocycles. The highest BCUT2D eigenvalue weighted by atomic mass is 16.5. The lowest BCUT2D eigenvalue weighted by molar-refractivity contribution is 0.222. The number of nitrogen functional groups attached to an aromatic ring is 1. The van der Waals surface area contributed by atoms with Crippen molar-refractivity contribution in [2.45, 2.75) is 32.8 Å². The molecule has 0 spiro atoms. The molecule has 0 radical (unpaired) electrons. The van der Waals surface area contributed by atoms with E-state index >= 15 is 0 Å². The first-order chi connectivity index (χ1) is 9.62. The zero-order valence-corrected chi connectivity index (χ0v) is 11.9. The SMILES string of the molecule is CC(C)Oc1nc(NN)nc(N2CCC(CCO)C2)n1. The van der Waals surface area contributed by atoms with Gasteiger partial charge in [-0.2, -0.15) is 15.0 Å². The number of nitrogens with one attached hydrogen (secondary N) is 1. The molecule has 1 aromatic rings. The fraction of sp³-hybridized carbons (Fsp3) is 0.750. The minimum atomic E-state index is -0.0170. The second kappa shape index (κ2) is 6.67. The van der Waals surface area contributed by atoms with Crippen LogP contribution in [-0.2, 0) is 0 Å². The zero-order chi connectivity index (χ0) is 14.5. The Hall–Kier alpha value is -1.67. The van der Waals surface area contributed by atoms with E-state index in [1.807, 2.05) is 13.8 Å². The summed E-state index contributed by atoms with van der Waals surface area (Å²) in [4.78, 5) is 14.7. The van der Waals surface area contributed by atoms with Gasteiger partial charge >= 0.3 is 6.01 Å². The first kappa shape index (κ1) is 14.7. The number of nitrogens with two attached hydrogens (primary N) is 1. The number of aliphatic hydroxyl groups is 1. The quantitative estimate of drug-likeness (QED) is 0.500. The van der Waals surface area contributed by atoms with E-state index in [1.165, 1.54) is 0 Å². The van der Waals surface area contributed by atoms with Gasteiger partial charge in [0, 0.05) is 19.7 Å². The Morgan fingerprint density at radius 2 is 2.25 bits per heavy atom. The summed E-state index contributed by atoms with van der Waals surface area (Å²) in [7, 11) is 0. The van der Waals surface area contributed by atoms with Crippen molar-refractivity contribution in [2.75, 3.05) is 30.0 Å². The Balaban J connectivity index is 2.14. The van der Waals surface area contributed by atoms with E-state index in [9.17, 15) is 0 Å². The molecule has 2 heterocycles. The molecule has 112 valence electrons. The van der Waals surface area contributed by atoms with Gasteiger partial charge in [-0.15, -0.1) is 0 Å². The minimum Gasteiger partial charge on any atom is -0.461 e. The van der Waals surface area contributed by atoms with Crippen LogP contribution in [0.1, 0.15) is 26.7 Å². The molecule has 20 heavy (non-hydrogen) atoms. The van der Waals surface area contributed by atoms with Gasteiger partial charge < -0.3 is 14.7 Å². The molecule has 4 N–H and O–H groups in total. The third kappa shape index (κ3) is 3.67. The van der Waals surface area contributed by atoms with Gasteiger partial charge in [0.25, 0.3) is 0 Å². The lowest BCUT2D eigenvalue weighted by Gasteiger charge is -2.18. The summed E-state index contributed by atoms with van der Waals surface area (Å²) in [5.41, 5.74) is 2.43. The number of hydrogen-bond donors (Lipinski definition) is 3. The van der Waals surface area contributed by atoms with E-state index in [2.05, 4.69) is 25.3 Å². The Morgan fingerprint density at radius 1 is 1.45 bits per heavy atom. The third-order valence-electron chi connectivity index (χ3n) is 3.18. The van der Waals surface area contributed by atoms with Crippen molar-refractivity contribution in [1.29, 1.82) is 0 Å². The molecular weight excluding hydrogens is 260 g/mol. The predicted octanol–water partition coefficient (Wildman–Crippen LogP) is 0.153. The van der Waals surface area contributed by atoms with Gasteiger partial charge in [0.15, 0.2) is 0 Å². The van der Waals surface area contributed by atoms with E-state index < -0.39 is 0 Å². The first-order valence-electron chi connectivity index (χ1n) is 6.87. The second-order valence-corrected chi connectivity index (χ2v) is 5.17. The molecule has 8 nitrogen and oxygen atoms in total. The van der Waals surface area contributed by atoms with E-state index in [1.54, 1.807) is 0 Å². The fourth-order valence-corrected chi connectivity index (χ4v) is 2.25. The van der Waals surface area contributed by atoms with E-state index in [0.29, 0.717) is 11.9 Å². The van der Waals surface area contributed by atoms with Crippen molar-refractivity contribution in [3.05, 3.63) is 0 Å². The monoisotopic (exact) mass is 282 g/mol. The maximum Gasteiger partial charge on any atom is 0.323 e. The Kier molecular flexibility index (Phi) is 4.91. The third-order valence-corrected chi connectivity index (χ3v) is 3.18. The molecule has 2 rings (SSSR count). The molecular formula is C12H22N6O2. The van der Waals surface area contributed by atoms with Gasteiger partial charge in [-0.3, -0.25) is 5.43 Å².